The minimum Gasteiger partial charge on any atom is -0.239 e. The molecular formula is C16H29N3+2. The molecule has 0 spiro atoms. The molecule has 0 bridgehead atoms. The normalized spacial score (nSPS) is 8.95. The van der Waals surface area contributed by atoms with E-state index >= 15 is 0 Å². The molecule has 0 unspecified atom stereocenters. The van der Waals surface area contributed by atoms with Gasteiger partial charge in [0.2, 0.25) is 0 Å². The van der Waals surface area contributed by atoms with E-state index in [1.165, 1.54) is 12.8 Å². The smallest absolute Gasteiger partial charge is 0.239 e. The average Bonchev–Trinajstić information content (AvgIpc) is 2.78. The minimum atomic E-state index is 1.16. The van der Waals surface area contributed by atoms with Gasteiger partial charge in [-0.15, -0.1) is 0 Å². The zero-order chi connectivity index (χ0) is 14.7. The summed E-state index contributed by atoms with van der Waals surface area (Å²) in [6, 6.07) is 6.14. The van der Waals surface area contributed by atoms with Crippen LogP contribution in [0.1, 0.15) is 40.5 Å². The summed E-state index contributed by atoms with van der Waals surface area (Å²) >= 11 is 0. The van der Waals surface area contributed by atoms with Crippen molar-refractivity contribution < 1.29 is 9.13 Å². The van der Waals surface area contributed by atoms with Crippen molar-refractivity contribution in [2.24, 2.45) is 14.1 Å². The Morgan fingerprint density at radius 3 is 1.95 bits per heavy atom. The van der Waals surface area contributed by atoms with Gasteiger partial charge in [0.1, 0.15) is 12.4 Å². The third-order valence-electron chi connectivity index (χ3n) is 2.06. The number of hydrogen-bond acceptors (Lipinski definition) is 0. The predicted octanol–water partition coefficient (Wildman–Crippen LogP) is 2.96. The second-order valence-electron chi connectivity index (χ2n) is 4.57. The lowest BCUT2D eigenvalue weighted by Gasteiger charge is -1.96. The highest BCUT2D eigenvalue weighted by molar-refractivity contribution is 5.13. The number of pyridine rings is 1. The molecule has 0 saturated heterocycles. The van der Waals surface area contributed by atoms with Crippen LogP contribution in [-0.4, -0.2) is 4.57 Å². The molecule has 2 rings (SSSR count). The van der Waals surface area contributed by atoms with Crippen molar-refractivity contribution >= 4 is 0 Å². The zero-order valence-corrected chi connectivity index (χ0v) is 13.3. The van der Waals surface area contributed by atoms with E-state index in [0.717, 1.165) is 5.82 Å². The predicted molar refractivity (Wildman–Crippen MR) is 80.1 cm³/mol. The third-order valence-corrected chi connectivity index (χ3v) is 2.06. The van der Waals surface area contributed by atoms with Crippen LogP contribution >= 0.6 is 0 Å². The molecule has 2 heterocycles. The van der Waals surface area contributed by atoms with Crippen molar-refractivity contribution in [3.63, 3.8) is 0 Å². The molecular weight excluding hydrogens is 234 g/mol. The van der Waals surface area contributed by atoms with Crippen molar-refractivity contribution in [1.29, 1.82) is 0 Å². The van der Waals surface area contributed by atoms with Gasteiger partial charge in [-0.25, -0.2) is 9.13 Å². The summed E-state index contributed by atoms with van der Waals surface area (Å²) in [6.07, 6.45) is 10.6. The summed E-state index contributed by atoms with van der Waals surface area (Å²) in [7, 11) is 4.05. The fourth-order valence-corrected chi connectivity index (χ4v) is 1.37. The summed E-state index contributed by atoms with van der Waals surface area (Å²) in [5, 5.41) is 0. The number of hydrogen-bond donors (Lipinski definition) is 0. The van der Waals surface area contributed by atoms with Crippen LogP contribution in [0.3, 0.4) is 0 Å². The van der Waals surface area contributed by atoms with Gasteiger partial charge in [0, 0.05) is 6.07 Å². The molecule has 0 aliphatic rings. The molecule has 2 aromatic heterocycles. The molecule has 3 heteroatoms. The van der Waals surface area contributed by atoms with Gasteiger partial charge in [0.25, 0.3) is 12.1 Å². The molecule has 19 heavy (non-hydrogen) atoms. The Hall–Kier alpha value is -1.64. The van der Waals surface area contributed by atoms with E-state index in [0.29, 0.717) is 0 Å². The molecule has 0 fully saturated rings. The average molecular weight is 263 g/mol. The molecule has 0 aromatic carbocycles. The minimum absolute atomic E-state index is 1.16. The van der Waals surface area contributed by atoms with Crippen LogP contribution in [0.2, 0.25) is 0 Å². The van der Waals surface area contributed by atoms with Crippen molar-refractivity contribution in [2.75, 3.05) is 0 Å². The molecule has 0 amide bonds. The first-order valence-electron chi connectivity index (χ1n) is 7.08. The maximum Gasteiger partial charge on any atom is 0.288 e. The third kappa shape index (κ3) is 6.75. The monoisotopic (exact) mass is 263 g/mol. The Bertz CT molecular complexity index is 445. The quantitative estimate of drug-likeness (QED) is 0.702. The number of aryl methyl sites for hydroxylation is 2. The van der Waals surface area contributed by atoms with Gasteiger partial charge in [0.15, 0.2) is 0 Å². The molecule has 0 radical (unpaired) electrons. The molecule has 106 valence electrons. The zero-order valence-electron chi connectivity index (χ0n) is 13.3. The van der Waals surface area contributed by atoms with Crippen LogP contribution in [0, 0.1) is 0 Å². The lowest BCUT2D eigenvalue weighted by Crippen LogP contribution is -2.33. The van der Waals surface area contributed by atoms with E-state index in [9.17, 15) is 0 Å². The lowest BCUT2D eigenvalue weighted by molar-refractivity contribution is -0.677. The van der Waals surface area contributed by atoms with Crippen molar-refractivity contribution in [3.05, 3.63) is 43.1 Å². The van der Waals surface area contributed by atoms with Crippen LogP contribution in [-0.2, 0) is 14.1 Å². The fraction of sp³-hybridized carbons (Fsp3) is 0.500. The maximum atomic E-state index is 2.12. The van der Waals surface area contributed by atoms with E-state index in [-0.39, 0.29) is 0 Å². The standard InChI is InChI=1S/C10H13N3.2C3H8/c1-11-7-8-13(9-11)10-5-3-4-6-12(10)2;2*1-3-2/h3-9H,1-2H3;2*3H2,1-2H3/q+2;;. The Labute approximate surface area is 118 Å². The number of imidazole rings is 1. The SMILES string of the molecule is CCC.CCC.C[n+]1ccn(-c2cccc[n+]2C)c1. The van der Waals surface area contributed by atoms with Crippen LogP contribution in [0.4, 0.5) is 0 Å². The largest absolute Gasteiger partial charge is 0.288 e. The molecule has 3 nitrogen and oxygen atoms in total. The molecule has 2 aromatic rings. The van der Waals surface area contributed by atoms with Gasteiger partial charge in [0.05, 0.1) is 20.3 Å². The van der Waals surface area contributed by atoms with Gasteiger partial charge < -0.3 is 0 Å². The van der Waals surface area contributed by atoms with Gasteiger partial charge >= 0.3 is 0 Å². The molecule has 0 atom stereocenters. The Morgan fingerprint density at radius 1 is 0.947 bits per heavy atom. The highest BCUT2D eigenvalue weighted by atomic mass is 15.2. The van der Waals surface area contributed by atoms with Gasteiger partial charge in [-0.05, 0) is 6.07 Å². The molecule has 0 aliphatic carbocycles. The highest BCUT2D eigenvalue weighted by Gasteiger charge is 2.08. The van der Waals surface area contributed by atoms with E-state index < -0.39 is 0 Å². The summed E-state index contributed by atoms with van der Waals surface area (Å²) < 4.78 is 6.19. The molecule has 0 aliphatic heterocycles. The van der Waals surface area contributed by atoms with Crippen LogP contribution < -0.4 is 9.13 Å². The van der Waals surface area contributed by atoms with Gasteiger partial charge in [-0.1, -0.05) is 46.6 Å². The first kappa shape index (κ1) is 17.4. The van der Waals surface area contributed by atoms with E-state index in [1.807, 2.05) is 55.7 Å². The van der Waals surface area contributed by atoms with Gasteiger partial charge in [-0.3, -0.25) is 0 Å². The first-order chi connectivity index (χ1) is 9.10. The van der Waals surface area contributed by atoms with E-state index in [2.05, 4.69) is 42.9 Å². The summed E-state index contributed by atoms with van der Waals surface area (Å²) in [5.74, 6) is 1.16. The van der Waals surface area contributed by atoms with Crippen LogP contribution in [0.25, 0.3) is 5.82 Å². The van der Waals surface area contributed by atoms with Crippen LogP contribution in [0.15, 0.2) is 43.1 Å². The number of aromatic nitrogens is 3. The van der Waals surface area contributed by atoms with Crippen molar-refractivity contribution in [2.45, 2.75) is 40.5 Å². The number of nitrogens with zero attached hydrogens (tertiary/aromatic N) is 3. The van der Waals surface area contributed by atoms with Gasteiger partial charge in [-0.2, -0.15) is 4.57 Å². The Kier molecular flexibility index (Phi) is 9.41. The highest BCUT2D eigenvalue weighted by Crippen LogP contribution is 1.97. The van der Waals surface area contributed by atoms with Crippen LogP contribution in [0.5, 0.6) is 0 Å². The van der Waals surface area contributed by atoms with E-state index in [1.54, 1.807) is 0 Å². The van der Waals surface area contributed by atoms with Crippen molar-refractivity contribution in [1.82, 2.24) is 4.57 Å². The number of rotatable bonds is 1. The maximum absolute atomic E-state index is 2.12. The summed E-state index contributed by atoms with van der Waals surface area (Å²) in [5.41, 5.74) is 0. The molecule has 0 N–H and O–H groups in total. The summed E-state index contributed by atoms with van der Waals surface area (Å²) in [6.45, 7) is 8.50. The Balaban J connectivity index is 0.000000465. The fourth-order valence-electron chi connectivity index (χ4n) is 1.37. The molecule has 0 saturated carbocycles. The summed E-state index contributed by atoms with van der Waals surface area (Å²) in [4.78, 5) is 0. The second kappa shape index (κ2) is 10.3. The van der Waals surface area contributed by atoms with E-state index in [4.69, 9.17) is 0 Å². The Morgan fingerprint density at radius 2 is 1.53 bits per heavy atom. The first-order valence-corrected chi connectivity index (χ1v) is 7.08. The second-order valence-corrected chi connectivity index (χ2v) is 4.57. The van der Waals surface area contributed by atoms with Crippen molar-refractivity contribution in [3.8, 4) is 5.82 Å². The topological polar surface area (TPSA) is 12.7 Å². The lowest BCUT2D eigenvalue weighted by atomic mass is 10.4.